The summed E-state index contributed by atoms with van der Waals surface area (Å²) in [5.41, 5.74) is 9.07. The molecule has 2 heterocycles. The van der Waals surface area contributed by atoms with Gasteiger partial charge in [0.25, 0.3) is 0 Å². The van der Waals surface area contributed by atoms with Crippen LogP contribution in [0.4, 0.5) is 0 Å². The molecule has 2 saturated heterocycles. The lowest BCUT2D eigenvalue weighted by atomic mass is 9.99. The second kappa shape index (κ2) is 6.47. The Morgan fingerprint density at radius 3 is 2.43 bits per heavy atom. The van der Waals surface area contributed by atoms with E-state index in [2.05, 4.69) is 47.9 Å². The molecule has 1 aromatic carbocycles. The maximum absolute atomic E-state index is 6.51. The first-order chi connectivity index (χ1) is 10.1. The molecule has 0 aliphatic carbocycles. The third-order valence-electron chi connectivity index (χ3n) is 5.41. The molecule has 2 fully saturated rings. The van der Waals surface area contributed by atoms with Crippen LogP contribution in [-0.4, -0.2) is 48.1 Å². The average molecular weight is 287 g/mol. The number of benzene rings is 1. The largest absolute Gasteiger partial charge is 0.323 e. The van der Waals surface area contributed by atoms with Gasteiger partial charge in [0.15, 0.2) is 0 Å². The summed E-state index contributed by atoms with van der Waals surface area (Å²) in [5.74, 6) is 0. The minimum Gasteiger partial charge on any atom is -0.323 e. The summed E-state index contributed by atoms with van der Waals surface area (Å²) >= 11 is 0. The molecule has 3 unspecified atom stereocenters. The molecule has 0 spiro atoms. The van der Waals surface area contributed by atoms with Crippen LogP contribution >= 0.6 is 0 Å². The van der Waals surface area contributed by atoms with E-state index in [4.69, 9.17) is 5.73 Å². The normalized spacial score (nSPS) is 27.1. The Hall–Kier alpha value is -0.900. The fraction of sp³-hybridized carbons (Fsp3) is 0.667. The second-order valence-electron chi connectivity index (χ2n) is 6.86. The van der Waals surface area contributed by atoms with Gasteiger partial charge in [-0.3, -0.25) is 9.80 Å². The number of nitrogens with two attached hydrogens (primary N) is 1. The second-order valence-corrected chi connectivity index (χ2v) is 6.86. The van der Waals surface area contributed by atoms with Gasteiger partial charge in [0.2, 0.25) is 0 Å². The lowest BCUT2D eigenvalue weighted by molar-refractivity contribution is 0.191. The number of likely N-dealkylation sites (tertiary alicyclic amines) is 2. The number of hydrogen-bond acceptors (Lipinski definition) is 3. The third kappa shape index (κ3) is 3.31. The van der Waals surface area contributed by atoms with Crippen LogP contribution in [-0.2, 0) is 0 Å². The van der Waals surface area contributed by atoms with Gasteiger partial charge in [0.1, 0.15) is 0 Å². The molecule has 21 heavy (non-hydrogen) atoms. The quantitative estimate of drug-likeness (QED) is 0.924. The zero-order valence-electron chi connectivity index (χ0n) is 13.5. The van der Waals surface area contributed by atoms with Crippen molar-refractivity contribution < 1.29 is 0 Å². The van der Waals surface area contributed by atoms with Crippen molar-refractivity contribution in [3.05, 3.63) is 35.4 Å². The lowest BCUT2D eigenvalue weighted by Gasteiger charge is -2.31. The predicted molar refractivity (Wildman–Crippen MR) is 88.4 cm³/mol. The van der Waals surface area contributed by atoms with Gasteiger partial charge in [0.05, 0.1) is 0 Å². The van der Waals surface area contributed by atoms with Crippen LogP contribution in [0.1, 0.15) is 43.4 Å². The van der Waals surface area contributed by atoms with Crippen molar-refractivity contribution in [3.8, 4) is 0 Å². The highest BCUT2D eigenvalue weighted by Gasteiger charge is 2.33. The van der Waals surface area contributed by atoms with E-state index in [0.717, 1.165) is 6.04 Å². The van der Waals surface area contributed by atoms with E-state index in [1.165, 1.54) is 56.6 Å². The molecule has 1 aromatic rings. The smallest absolute Gasteiger partial charge is 0.0450 e. The molecule has 0 aromatic heterocycles. The summed E-state index contributed by atoms with van der Waals surface area (Å²) in [6, 6.07) is 10.00. The molecule has 0 radical (unpaired) electrons. The SMILES string of the molecule is Cc1ccc(C(N)C(C)N2CCC(N3CCCC3)C2)cc1. The fourth-order valence-electron chi connectivity index (χ4n) is 3.84. The monoisotopic (exact) mass is 287 g/mol. The first-order valence-electron chi connectivity index (χ1n) is 8.45. The molecule has 2 aliphatic heterocycles. The molecule has 3 nitrogen and oxygen atoms in total. The van der Waals surface area contributed by atoms with Crippen LogP contribution in [0.15, 0.2) is 24.3 Å². The van der Waals surface area contributed by atoms with Gasteiger partial charge in [-0.05, 0) is 51.8 Å². The van der Waals surface area contributed by atoms with Crippen molar-refractivity contribution in [2.24, 2.45) is 5.73 Å². The van der Waals surface area contributed by atoms with Crippen LogP contribution < -0.4 is 5.73 Å². The van der Waals surface area contributed by atoms with Crippen LogP contribution in [0.25, 0.3) is 0 Å². The van der Waals surface area contributed by atoms with Gasteiger partial charge in [-0.25, -0.2) is 0 Å². The Morgan fingerprint density at radius 1 is 1.10 bits per heavy atom. The zero-order valence-corrected chi connectivity index (χ0v) is 13.5. The average Bonchev–Trinajstić information content (AvgIpc) is 3.17. The van der Waals surface area contributed by atoms with E-state index in [0.29, 0.717) is 6.04 Å². The highest BCUT2D eigenvalue weighted by Crippen LogP contribution is 2.26. The van der Waals surface area contributed by atoms with Gasteiger partial charge in [0, 0.05) is 31.2 Å². The summed E-state index contributed by atoms with van der Waals surface area (Å²) in [7, 11) is 0. The molecule has 0 bridgehead atoms. The van der Waals surface area contributed by atoms with Crippen LogP contribution in [0.2, 0.25) is 0 Å². The van der Waals surface area contributed by atoms with Crippen molar-refractivity contribution in [1.82, 2.24) is 9.80 Å². The molecule has 116 valence electrons. The summed E-state index contributed by atoms with van der Waals surface area (Å²) in [4.78, 5) is 5.28. The van der Waals surface area contributed by atoms with E-state index in [1.807, 2.05) is 0 Å². The minimum atomic E-state index is 0.114. The molecule has 3 rings (SSSR count). The Labute approximate surface area is 129 Å². The Bertz CT molecular complexity index is 450. The van der Waals surface area contributed by atoms with E-state index < -0.39 is 0 Å². The summed E-state index contributed by atoms with van der Waals surface area (Å²) in [6.45, 7) is 9.41. The van der Waals surface area contributed by atoms with E-state index in [9.17, 15) is 0 Å². The van der Waals surface area contributed by atoms with Gasteiger partial charge in [-0.2, -0.15) is 0 Å². The van der Waals surface area contributed by atoms with Gasteiger partial charge in [-0.15, -0.1) is 0 Å². The topological polar surface area (TPSA) is 32.5 Å². The number of nitrogens with zero attached hydrogens (tertiary/aromatic N) is 2. The molecule has 0 saturated carbocycles. The summed E-state index contributed by atoms with van der Waals surface area (Å²) < 4.78 is 0. The van der Waals surface area contributed by atoms with Crippen LogP contribution in [0.3, 0.4) is 0 Å². The maximum Gasteiger partial charge on any atom is 0.0450 e. The summed E-state index contributed by atoms with van der Waals surface area (Å²) in [6.07, 6.45) is 4.08. The van der Waals surface area contributed by atoms with E-state index in [1.54, 1.807) is 0 Å². The van der Waals surface area contributed by atoms with Crippen molar-refractivity contribution in [3.63, 3.8) is 0 Å². The maximum atomic E-state index is 6.51. The van der Waals surface area contributed by atoms with Crippen molar-refractivity contribution in [2.45, 2.75) is 51.2 Å². The van der Waals surface area contributed by atoms with E-state index in [-0.39, 0.29) is 6.04 Å². The van der Waals surface area contributed by atoms with Gasteiger partial charge >= 0.3 is 0 Å². The van der Waals surface area contributed by atoms with Crippen molar-refractivity contribution >= 4 is 0 Å². The highest BCUT2D eigenvalue weighted by atomic mass is 15.3. The number of rotatable bonds is 4. The predicted octanol–water partition coefficient (Wildman–Crippen LogP) is 2.55. The van der Waals surface area contributed by atoms with Crippen molar-refractivity contribution in [1.29, 1.82) is 0 Å². The molecular formula is C18H29N3. The minimum absolute atomic E-state index is 0.114. The lowest BCUT2D eigenvalue weighted by Crippen LogP contribution is -2.42. The Kier molecular flexibility index (Phi) is 4.63. The Balaban J connectivity index is 1.60. The van der Waals surface area contributed by atoms with E-state index >= 15 is 0 Å². The molecule has 0 amide bonds. The van der Waals surface area contributed by atoms with Crippen LogP contribution in [0.5, 0.6) is 0 Å². The summed E-state index contributed by atoms with van der Waals surface area (Å²) in [5, 5.41) is 0. The van der Waals surface area contributed by atoms with Gasteiger partial charge < -0.3 is 5.73 Å². The Morgan fingerprint density at radius 2 is 1.76 bits per heavy atom. The molecule has 2 N–H and O–H groups in total. The van der Waals surface area contributed by atoms with Gasteiger partial charge in [-0.1, -0.05) is 29.8 Å². The third-order valence-corrected chi connectivity index (χ3v) is 5.41. The zero-order chi connectivity index (χ0) is 14.8. The molecule has 3 atom stereocenters. The number of aryl methyl sites for hydroxylation is 1. The van der Waals surface area contributed by atoms with Crippen LogP contribution in [0, 0.1) is 6.92 Å². The van der Waals surface area contributed by atoms with Crippen molar-refractivity contribution in [2.75, 3.05) is 26.2 Å². The standard InChI is InChI=1S/C18H29N3/c1-14-5-7-16(8-6-14)18(19)15(2)21-12-9-17(13-21)20-10-3-4-11-20/h5-8,15,17-18H,3-4,9-13,19H2,1-2H3. The molecule has 3 heteroatoms. The highest BCUT2D eigenvalue weighted by molar-refractivity contribution is 5.25. The molecule has 2 aliphatic rings. The fourth-order valence-corrected chi connectivity index (χ4v) is 3.84. The first kappa shape index (κ1) is 15.0. The first-order valence-corrected chi connectivity index (χ1v) is 8.45. The number of hydrogen-bond donors (Lipinski definition) is 1. The molecular weight excluding hydrogens is 258 g/mol.